The van der Waals surface area contributed by atoms with E-state index in [1.165, 1.54) is 6.33 Å². The second kappa shape index (κ2) is 7.24. The summed E-state index contributed by atoms with van der Waals surface area (Å²) >= 11 is 0. The molecule has 0 aliphatic heterocycles. The summed E-state index contributed by atoms with van der Waals surface area (Å²) in [6.45, 7) is 2.40. The molecule has 0 bridgehead atoms. The van der Waals surface area contributed by atoms with Gasteiger partial charge < -0.3 is 9.73 Å². The summed E-state index contributed by atoms with van der Waals surface area (Å²) in [4.78, 5) is 20.4. The molecule has 0 saturated heterocycles. The van der Waals surface area contributed by atoms with Crippen molar-refractivity contribution in [1.82, 2.24) is 29.5 Å². The largest absolute Gasteiger partial charge is 0.464 e. The SMILES string of the molecule is Cc1ccc(Cn2nccc2NC(=O)Cn2cc(-c3ccncn3)cn2)o1. The van der Waals surface area contributed by atoms with E-state index < -0.39 is 0 Å². The summed E-state index contributed by atoms with van der Waals surface area (Å²) in [5, 5.41) is 11.3. The van der Waals surface area contributed by atoms with Crippen LogP contribution in [0.3, 0.4) is 0 Å². The number of aromatic nitrogens is 6. The highest BCUT2D eigenvalue weighted by molar-refractivity contribution is 5.89. The fourth-order valence-electron chi connectivity index (χ4n) is 2.66. The third-order valence-electron chi connectivity index (χ3n) is 3.90. The normalized spacial score (nSPS) is 10.9. The molecule has 0 saturated carbocycles. The highest BCUT2D eigenvalue weighted by Gasteiger charge is 2.11. The smallest absolute Gasteiger partial charge is 0.247 e. The van der Waals surface area contributed by atoms with Gasteiger partial charge in [0.15, 0.2) is 0 Å². The first-order valence-corrected chi connectivity index (χ1v) is 8.33. The Morgan fingerprint density at radius 3 is 2.89 bits per heavy atom. The number of nitrogens with one attached hydrogen (secondary N) is 1. The van der Waals surface area contributed by atoms with Crippen molar-refractivity contribution in [3.63, 3.8) is 0 Å². The number of aryl methyl sites for hydroxylation is 1. The average molecular weight is 363 g/mol. The number of carbonyl (C=O) groups is 1. The minimum absolute atomic E-state index is 0.0795. The lowest BCUT2D eigenvalue weighted by molar-refractivity contribution is -0.116. The van der Waals surface area contributed by atoms with Crippen molar-refractivity contribution >= 4 is 11.7 Å². The molecule has 0 aromatic carbocycles. The van der Waals surface area contributed by atoms with E-state index in [9.17, 15) is 4.79 Å². The Bertz CT molecular complexity index is 1050. The maximum absolute atomic E-state index is 12.4. The van der Waals surface area contributed by atoms with Crippen LogP contribution in [0.15, 0.2) is 59.8 Å². The van der Waals surface area contributed by atoms with Gasteiger partial charge >= 0.3 is 0 Å². The predicted molar refractivity (Wildman–Crippen MR) is 96.7 cm³/mol. The van der Waals surface area contributed by atoms with Crippen molar-refractivity contribution in [1.29, 1.82) is 0 Å². The Morgan fingerprint density at radius 2 is 2.11 bits per heavy atom. The summed E-state index contributed by atoms with van der Waals surface area (Å²) in [6, 6.07) is 7.31. The van der Waals surface area contributed by atoms with E-state index in [0.717, 1.165) is 22.8 Å². The lowest BCUT2D eigenvalue weighted by atomic mass is 10.2. The van der Waals surface area contributed by atoms with E-state index in [1.807, 2.05) is 19.1 Å². The Morgan fingerprint density at radius 1 is 1.19 bits per heavy atom. The van der Waals surface area contributed by atoms with Crippen LogP contribution in [-0.4, -0.2) is 35.4 Å². The van der Waals surface area contributed by atoms with E-state index in [4.69, 9.17) is 4.42 Å². The molecule has 0 unspecified atom stereocenters. The third-order valence-corrected chi connectivity index (χ3v) is 3.90. The van der Waals surface area contributed by atoms with Crippen LogP contribution in [0.25, 0.3) is 11.3 Å². The van der Waals surface area contributed by atoms with E-state index in [-0.39, 0.29) is 12.5 Å². The van der Waals surface area contributed by atoms with Gasteiger partial charge in [-0.2, -0.15) is 10.2 Å². The maximum atomic E-state index is 12.4. The summed E-state index contributed by atoms with van der Waals surface area (Å²) in [5.41, 5.74) is 1.58. The van der Waals surface area contributed by atoms with Crippen molar-refractivity contribution in [2.45, 2.75) is 20.0 Å². The lowest BCUT2D eigenvalue weighted by Gasteiger charge is -2.08. The molecule has 0 aliphatic carbocycles. The average Bonchev–Trinajstić information content (AvgIpc) is 3.39. The molecular formula is C18H17N7O2. The molecule has 0 spiro atoms. The number of hydrogen-bond donors (Lipinski definition) is 1. The first-order chi connectivity index (χ1) is 13.2. The van der Waals surface area contributed by atoms with E-state index in [2.05, 4.69) is 25.5 Å². The molecule has 1 N–H and O–H groups in total. The van der Waals surface area contributed by atoms with Gasteiger partial charge in [0.2, 0.25) is 5.91 Å². The minimum Gasteiger partial charge on any atom is -0.464 e. The zero-order valence-electron chi connectivity index (χ0n) is 14.6. The van der Waals surface area contributed by atoms with E-state index in [0.29, 0.717) is 12.4 Å². The summed E-state index contributed by atoms with van der Waals surface area (Å²) in [6.07, 6.45) is 8.20. The topological polar surface area (TPSA) is 104 Å². The number of carbonyl (C=O) groups excluding carboxylic acids is 1. The summed E-state index contributed by atoms with van der Waals surface area (Å²) < 4.78 is 8.79. The Kier molecular flexibility index (Phi) is 4.48. The van der Waals surface area contributed by atoms with Crippen molar-refractivity contribution in [2.75, 3.05) is 5.32 Å². The van der Waals surface area contributed by atoms with Crippen LogP contribution < -0.4 is 5.32 Å². The van der Waals surface area contributed by atoms with Crippen LogP contribution in [-0.2, 0) is 17.9 Å². The molecule has 4 aromatic rings. The molecule has 9 heteroatoms. The highest BCUT2D eigenvalue weighted by Crippen LogP contribution is 2.15. The van der Waals surface area contributed by atoms with Crippen LogP contribution in [0.4, 0.5) is 5.82 Å². The van der Waals surface area contributed by atoms with Crippen molar-refractivity contribution < 1.29 is 9.21 Å². The van der Waals surface area contributed by atoms with Gasteiger partial charge in [0, 0.05) is 24.0 Å². The molecule has 27 heavy (non-hydrogen) atoms. The van der Waals surface area contributed by atoms with Gasteiger partial charge in [-0.25, -0.2) is 14.6 Å². The van der Waals surface area contributed by atoms with Crippen molar-refractivity contribution in [3.8, 4) is 11.3 Å². The second-order valence-corrected chi connectivity index (χ2v) is 5.96. The lowest BCUT2D eigenvalue weighted by Crippen LogP contribution is -2.21. The van der Waals surface area contributed by atoms with Crippen molar-refractivity contribution in [2.24, 2.45) is 0 Å². The minimum atomic E-state index is -0.204. The molecular weight excluding hydrogens is 346 g/mol. The Balaban J connectivity index is 1.40. The molecule has 0 aliphatic rings. The van der Waals surface area contributed by atoms with Gasteiger partial charge in [0.25, 0.3) is 0 Å². The first kappa shape index (κ1) is 16.7. The molecule has 4 rings (SSSR count). The van der Waals surface area contributed by atoms with Crippen LogP contribution in [0.5, 0.6) is 0 Å². The zero-order chi connectivity index (χ0) is 18.6. The van der Waals surface area contributed by atoms with Crippen molar-refractivity contribution in [3.05, 3.63) is 66.9 Å². The van der Waals surface area contributed by atoms with Gasteiger partial charge in [-0.15, -0.1) is 0 Å². The Hall–Kier alpha value is -3.75. The number of furan rings is 1. The number of rotatable bonds is 6. The number of nitrogens with zero attached hydrogens (tertiary/aromatic N) is 6. The summed E-state index contributed by atoms with van der Waals surface area (Å²) in [7, 11) is 0. The fourth-order valence-corrected chi connectivity index (χ4v) is 2.66. The number of anilines is 1. The van der Waals surface area contributed by atoms with Gasteiger partial charge in [0.05, 0.1) is 18.1 Å². The quantitative estimate of drug-likeness (QED) is 0.563. The highest BCUT2D eigenvalue weighted by atomic mass is 16.3. The van der Waals surface area contributed by atoms with Gasteiger partial charge in [0.1, 0.15) is 36.8 Å². The van der Waals surface area contributed by atoms with Crippen LogP contribution >= 0.6 is 0 Å². The van der Waals surface area contributed by atoms with Gasteiger partial charge in [-0.05, 0) is 25.1 Å². The second-order valence-electron chi connectivity index (χ2n) is 5.96. The maximum Gasteiger partial charge on any atom is 0.247 e. The third kappa shape index (κ3) is 3.92. The molecule has 0 radical (unpaired) electrons. The van der Waals surface area contributed by atoms with E-state index in [1.54, 1.807) is 46.3 Å². The first-order valence-electron chi connectivity index (χ1n) is 8.33. The molecule has 4 aromatic heterocycles. The van der Waals surface area contributed by atoms with E-state index >= 15 is 0 Å². The summed E-state index contributed by atoms with van der Waals surface area (Å²) in [5.74, 6) is 2.00. The molecule has 0 atom stereocenters. The zero-order valence-corrected chi connectivity index (χ0v) is 14.6. The van der Waals surface area contributed by atoms with Crippen LogP contribution in [0, 0.1) is 6.92 Å². The fraction of sp³-hybridized carbons (Fsp3) is 0.167. The standard InChI is InChI=1S/C18H17N7O2/c1-13-2-3-15(27-13)10-25-17(5-7-21-25)23-18(26)11-24-9-14(8-22-24)16-4-6-19-12-20-16/h2-9,12H,10-11H2,1H3,(H,23,26). The number of hydrogen-bond acceptors (Lipinski definition) is 6. The van der Waals surface area contributed by atoms with Crippen LogP contribution in [0.2, 0.25) is 0 Å². The monoisotopic (exact) mass is 363 g/mol. The van der Waals surface area contributed by atoms with Gasteiger partial charge in [-0.1, -0.05) is 0 Å². The number of amides is 1. The molecule has 4 heterocycles. The van der Waals surface area contributed by atoms with Crippen LogP contribution in [0.1, 0.15) is 11.5 Å². The molecule has 0 fully saturated rings. The molecule has 9 nitrogen and oxygen atoms in total. The predicted octanol–water partition coefficient (Wildman–Crippen LogP) is 2.13. The van der Waals surface area contributed by atoms with Gasteiger partial charge in [-0.3, -0.25) is 9.48 Å². The molecule has 136 valence electrons. The Labute approximate surface area is 154 Å². The molecule has 1 amide bonds.